The molecule has 0 atom stereocenters. The number of aromatic hydroxyl groups is 1. The van der Waals surface area contributed by atoms with Gasteiger partial charge in [-0.1, -0.05) is 0 Å². The van der Waals surface area contributed by atoms with Crippen molar-refractivity contribution in [2.75, 3.05) is 6.54 Å². The summed E-state index contributed by atoms with van der Waals surface area (Å²) < 4.78 is 13.2. The normalized spacial score (nSPS) is 9.81. The van der Waals surface area contributed by atoms with Gasteiger partial charge in [-0.15, -0.1) is 0 Å². The Hall–Kier alpha value is -2.11. The van der Waals surface area contributed by atoms with Crippen molar-refractivity contribution in [3.63, 3.8) is 0 Å². The molecule has 0 spiro atoms. The lowest BCUT2D eigenvalue weighted by Crippen LogP contribution is -2.28. The van der Waals surface area contributed by atoms with Crippen LogP contribution in [0.4, 0.5) is 4.39 Å². The maximum atomic E-state index is 13.2. The molecule has 4 N–H and O–H groups in total. The number of carbonyl (C=O) groups excluding carboxylic acids is 2. The van der Waals surface area contributed by atoms with Crippen molar-refractivity contribution in [2.45, 2.75) is 6.42 Å². The molecule has 0 heterocycles. The summed E-state index contributed by atoms with van der Waals surface area (Å²) in [6, 6.07) is 3.19. The predicted molar refractivity (Wildman–Crippen MR) is 54.2 cm³/mol. The van der Waals surface area contributed by atoms with Crippen LogP contribution >= 0.6 is 0 Å². The molecule has 1 aromatic rings. The predicted octanol–water partition coefficient (Wildman–Crippen LogP) is 0.136. The standard InChI is InChI=1S/C10H11FN2O3/c11-8-5-6(14)1-2-7(8)10(16)13-4-3-9(12)15/h1-2,5,14H,3-4H2,(H2,12,15)(H,13,16). The van der Waals surface area contributed by atoms with E-state index < -0.39 is 17.6 Å². The zero-order chi connectivity index (χ0) is 12.1. The molecular weight excluding hydrogens is 215 g/mol. The third-order valence-corrected chi connectivity index (χ3v) is 1.85. The largest absolute Gasteiger partial charge is 0.508 e. The Balaban J connectivity index is 2.63. The molecule has 0 fully saturated rings. The number of phenolic OH excluding ortho intramolecular Hbond substituents is 1. The van der Waals surface area contributed by atoms with Gasteiger partial charge in [-0.25, -0.2) is 4.39 Å². The van der Waals surface area contributed by atoms with Crippen LogP contribution in [0.5, 0.6) is 5.75 Å². The van der Waals surface area contributed by atoms with Gasteiger partial charge in [-0.3, -0.25) is 9.59 Å². The summed E-state index contributed by atoms with van der Waals surface area (Å²) in [5.41, 5.74) is 4.68. The minimum atomic E-state index is -0.823. The first-order valence-corrected chi connectivity index (χ1v) is 4.55. The first-order chi connectivity index (χ1) is 7.50. The lowest BCUT2D eigenvalue weighted by molar-refractivity contribution is -0.117. The highest BCUT2D eigenvalue weighted by molar-refractivity contribution is 5.94. The van der Waals surface area contributed by atoms with E-state index in [-0.39, 0.29) is 24.3 Å². The first kappa shape index (κ1) is 12.0. The van der Waals surface area contributed by atoms with E-state index in [1.54, 1.807) is 0 Å². The summed E-state index contributed by atoms with van der Waals surface area (Å²) in [5.74, 6) is -2.28. The average molecular weight is 226 g/mol. The molecule has 1 rings (SSSR count). The Bertz CT molecular complexity index is 421. The van der Waals surface area contributed by atoms with E-state index in [4.69, 9.17) is 10.8 Å². The summed E-state index contributed by atoms with van der Waals surface area (Å²) in [6.45, 7) is 0.0501. The van der Waals surface area contributed by atoms with Gasteiger partial charge in [0.2, 0.25) is 5.91 Å². The second-order valence-corrected chi connectivity index (χ2v) is 3.14. The van der Waals surface area contributed by atoms with E-state index >= 15 is 0 Å². The van der Waals surface area contributed by atoms with Crippen molar-refractivity contribution in [1.29, 1.82) is 0 Å². The van der Waals surface area contributed by atoms with Crippen LogP contribution in [0.2, 0.25) is 0 Å². The summed E-state index contributed by atoms with van der Waals surface area (Å²) in [5, 5.41) is 11.3. The summed E-state index contributed by atoms with van der Waals surface area (Å²) in [4.78, 5) is 21.8. The zero-order valence-electron chi connectivity index (χ0n) is 8.37. The minimum Gasteiger partial charge on any atom is -0.508 e. The third-order valence-electron chi connectivity index (χ3n) is 1.85. The summed E-state index contributed by atoms with van der Waals surface area (Å²) in [7, 11) is 0. The number of carbonyl (C=O) groups is 2. The van der Waals surface area contributed by atoms with E-state index in [0.717, 1.165) is 12.1 Å². The molecule has 0 aromatic heterocycles. The van der Waals surface area contributed by atoms with Gasteiger partial charge in [0.15, 0.2) is 0 Å². The highest BCUT2D eigenvalue weighted by Crippen LogP contribution is 2.14. The number of rotatable bonds is 4. The van der Waals surface area contributed by atoms with Crippen LogP contribution in [0.3, 0.4) is 0 Å². The van der Waals surface area contributed by atoms with Gasteiger partial charge in [-0.05, 0) is 12.1 Å². The molecule has 0 aliphatic rings. The Morgan fingerprint density at radius 3 is 2.69 bits per heavy atom. The Labute approximate surface area is 91.1 Å². The molecule has 0 saturated carbocycles. The third kappa shape index (κ3) is 3.23. The molecule has 2 amide bonds. The highest BCUT2D eigenvalue weighted by Gasteiger charge is 2.11. The number of benzene rings is 1. The molecule has 16 heavy (non-hydrogen) atoms. The Morgan fingerprint density at radius 1 is 1.44 bits per heavy atom. The maximum Gasteiger partial charge on any atom is 0.254 e. The van der Waals surface area contributed by atoms with E-state index in [2.05, 4.69) is 5.32 Å². The van der Waals surface area contributed by atoms with Gasteiger partial charge in [0, 0.05) is 19.0 Å². The maximum absolute atomic E-state index is 13.2. The van der Waals surface area contributed by atoms with Crippen LogP contribution in [0.1, 0.15) is 16.8 Å². The fourth-order valence-electron chi connectivity index (χ4n) is 1.08. The van der Waals surface area contributed by atoms with Crippen molar-refractivity contribution in [1.82, 2.24) is 5.32 Å². The fourth-order valence-corrected chi connectivity index (χ4v) is 1.08. The van der Waals surface area contributed by atoms with Gasteiger partial charge in [0.25, 0.3) is 5.91 Å². The molecule has 1 aromatic carbocycles. The van der Waals surface area contributed by atoms with Gasteiger partial charge in [0.1, 0.15) is 11.6 Å². The van der Waals surface area contributed by atoms with E-state index in [1.165, 1.54) is 6.07 Å². The molecule has 0 radical (unpaired) electrons. The Kier molecular flexibility index (Phi) is 3.82. The van der Waals surface area contributed by atoms with E-state index in [9.17, 15) is 14.0 Å². The SMILES string of the molecule is NC(=O)CCNC(=O)c1ccc(O)cc1F. The number of hydrogen-bond donors (Lipinski definition) is 3. The number of amides is 2. The second kappa shape index (κ2) is 5.11. The lowest BCUT2D eigenvalue weighted by atomic mass is 10.2. The molecule has 0 bridgehead atoms. The van der Waals surface area contributed by atoms with Crippen molar-refractivity contribution in [3.8, 4) is 5.75 Å². The van der Waals surface area contributed by atoms with Crippen LogP contribution in [0, 0.1) is 5.82 Å². The first-order valence-electron chi connectivity index (χ1n) is 4.55. The second-order valence-electron chi connectivity index (χ2n) is 3.14. The summed E-state index contributed by atoms with van der Waals surface area (Å²) in [6.07, 6.45) is -0.00849. The van der Waals surface area contributed by atoms with Crippen molar-refractivity contribution in [2.24, 2.45) is 5.73 Å². The average Bonchev–Trinajstić information content (AvgIpc) is 2.16. The van der Waals surface area contributed by atoms with Crippen molar-refractivity contribution in [3.05, 3.63) is 29.6 Å². The molecule has 86 valence electrons. The summed E-state index contributed by atoms with van der Waals surface area (Å²) >= 11 is 0. The van der Waals surface area contributed by atoms with E-state index in [0.29, 0.717) is 0 Å². The van der Waals surface area contributed by atoms with E-state index in [1.807, 2.05) is 0 Å². The van der Waals surface area contributed by atoms with Crippen LogP contribution in [-0.2, 0) is 4.79 Å². The molecule has 0 aliphatic heterocycles. The number of nitrogens with two attached hydrogens (primary N) is 1. The number of nitrogens with one attached hydrogen (secondary N) is 1. The quantitative estimate of drug-likeness (QED) is 0.681. The van der Waals surface area contributed by atoms with Crippen LogP contribution < -0.4 is 11.1 Å². The molecule has 0 saturated heterocycles. The highest BCUT2D eigenvalue weighted by atomic mass is 19.1. The number of phenols is 1. The molecular formula is C10H11FN2O3. The van der Waals surface area contributed by atoms with Crippen LogP contribution in [0.25, 0.3) is 0 Å². The minimum absolute atomic E-state index is 0.00849. The van der Waals surface area contributed by atoms with Crippen molar-refractivity contribution < 1.29 is 19.1 Å². The monoisotopic (exact) mass is 226 g/mol. The van der Waals surface area contributed by atoms with Crippen LogP contribution in [0.15, 0.2) is 18.2 Å². The number of halogens is 1. The smallest absolute Gasteiger partial charge is 0.254 e. The molecule has 5 nitrogen and oxygen atoms in total. The van der Waals surface area contributed by atoms with Crippen molar-refractivity contribution >= 4 is 11.8 Å². The molecule has 6 heteroatoms. The van der Waals surface area contributed by atoms with Gasteiger partial charge < -0.3 is 16.2 Å². The number of primary amides is 1. The fraction of sp³-hybridized carbons (Fsp3) is 0.200. The Morgan fingerprint density at radius 2 is 2.12 bits per heavy atom. The zero-order valence-corrected chi connectivity index (χ0v) is 8.37. The van der Waals surface area contributed by atoms with Gasteiger partial charge in [-0.2, -0.15) is 0 Å². The van der Waals surface area contributed by atoms with Gasteiger partial charge >= 0.3 is 0 Å². The van der Waals surface area contributed by atoms with Crippen LogP contribution in [-0.4, -0.2) is 23.5 Å². The molecule has 0 aliphatic carbocycles. The topological polar surface area (TPSA) is 92.4 Å². The molecule has 0 unspecified atom stereocenters. The lowest BCUT2D eigenvalue weighted by Gasteiger charge is -2.04. The van der Waals surface area contributed by atoms with Gasteiger partial charge in [0.05, 0.1) is 5.56 Å². The number of hydrogen-bond acceptors (Lipinski definition) is 3.